The van der Waals surface area contributed by atoms with Crippen molar-refractivity contribution < 1.29 is 9.53 Å². The van der Waals surface area contributed by atoms with E-state index in [2.05, 4.69) is 30.9 Å². The molecule has 154 valence electrons. The molecule has 1 aromatic heterocycles. The molecule has 0 saturated heterocycles. The second-order valence-electron chi connectivity index (χ2n) is 8.25. The van der Waals surface area contributed by atoms with Crippen LogP contribution in [0, 0.1) is 5.41 Å². The number of hydrogen-bond donors (Lipinski definition) is 0. The molecular weight excluding hydrogens is 378 g/mol. The number of ether oxygens (including phenoxy) is 1. The van der Waals surface area contributed by atoms with E-state index in [1.54, 1.807) is 16.0 Å². The lowest BCUT2D eigenvalue weighted by Gasteiger charge is -2.29. The molecule has 4 rings (SSSR count). The molecule has 1 amide bonds. The van der Waals surface area contributed by atoms with Gasteiger partial charge in [-0.3, -0.25) is 4.79 Å². The molecule has 7 heteroatoms. The Bertz CT molecular complexity index is 1010. The smallest absolute Gasteiger partial charge is 0.281 e. The van der Waals surface area contributed by atoms with E-state index in [0.29, 0.717) is 5.75 Å². The van der Waals surface area contributed by atoms with E-state index in [9.17, 15) is 4.79 Å². The average Bonchev–Trinajstić information content (AvgIpc) is 3.40. The summed E-state index contributed by atoms with van der Waals surface area (Å²) in [5.74, 6) is 0.436. The molecule has 2 atom stereocenters. The Kier molecular flexibility index (Phi) is 5.35. The van der Waals surface area contributed by atoms with Crippen LogP contribution in [0.2, 0.25) is 0 Å². The third-order valence-electron chi connectivity index (χ3n) is 5.05. The Morgan fingerprint density at radius 2 is 1.67 bits per heavy atom. The molecule has 0 radical (unpaired) electrons. The number of hydrogen-bond acceptors (Lipinski definition) is 5. The standard InChI is InChI=1S/C23H25N5O2/c1-23(2,3)22-21(27-16-24-15-25-27)20(17-10-6-4-7-11-17)28(26-22)19(29)14-30-18-12-8-5-9-13-18/h4-13,15-16,20-21H,14H2,1-3H3. The molecule has 3 aromatic rings. The predicted molar refractivity (Wildman–Crippen MR) is 114 cm³/mol. The average molecular weight is 403 g/mol. The minimum absolute atomic E-state index is 0.0989. The van der Waals surface area contributed by atoms with E-state index in [4.69, 9.17) is 9.84 Å². The second-order valence-corrected chi connectivity index (χ2v) is 8.25. The SMILES string of the molecule is CC(C)(C)C1=NN(C(=O)COc2ccccc2)C(c2ccccc2)C1n1cncn1. The van der Waals surface area contributed by atoms with Crippen molar-refractivity contribution in [3.05, 3.63) is 78.9 Å². The van der Waals surface area contributed by atoms with Gasteiger partial charge in [-0.1, -0.05) is 69.3 Å². The van der Waals surface area contributed by atoms with Crippen LogP contribution < -0.4 is 4.74 Å². The van der Waals surface area contributed by atoms with Gasteiger partial charge in [-0.05, 0) is 17.7 Å². The Balaban J connectivity index is 1.70. The summed E-state index contributed by atoms with van der Waals surface area (Å²) in [6, 6.07) is 18.6. The van der Waals surface area contributed by atoms with Gasteiger partial charge in [0.25, 0.3) is 5.91 Å². The van der Waals surface area contributed by atoms with Gasteiger partial charge in [0.2, 0.25) is 0 Å². The first-order chi connectivity index (χ1) is 14.4. The van der Waals surface area contributed by atoms with Gasteiger partial charge >= 0.3 is 0 Å². The lowest BCUT2D eigenvalue weighted by Crippen LogP contribution is -2.36. The minimum Gasteiger partial charge on any atom is -0.484 e. The van der Waals surface area contributed by atoms with Gasteiger partial charge < -0.3 is 4.74 Å². The van der Waals surface area contributed by atoms with Gasteiger partial charge in [-0.2, -0.15) is 10.2 Å². The largest absolute Gasteiger partial charge is 0.484 e. The topological polar surface area (TPSA) is 72.6 Å². The van der Waals surface area contributed by atoms with Crippen LogP contribution in [0.15, 0.2) is 78.4 Å². The fourth-order valence-electron chi connectivity index (χ4n) is 3.66. The lowest BCUT2D eigenvalue weighted by atomic mass is 9.82. The highest BCUT2D eigenvalue weighted by molar-refractivity contribution is 5.97. The molecule has 1 aliphatic heterocycles. The molecule has 30 heavy (non-hydrogen) atoms. The number of hydrazone groups is 1. The summed E-state index contributed by atoms with van der Waals surface area (Å²) in [4.78, 5) is 17.4. The van der Waals surface area contributed by atoms with Crippen LogP contribution in [-0.2, 0) is 4.79 Å². The number of rotatable bonds is 5. The number of benzene rings is 2. The number of nitrogens with zero attached hydrogens (tertiary/aromatic N) is 5. The molecule has 0 N–H and O–H groups in total. The Labute approximate surface area is 176 Å². The summed E-state index contributed by atoms with van der Waals surface area (Å²) < 4.78 is 7.50. The van der Waals surface area contributed by atoms with Crippen LogP contribution in [0.5, 0.6) is 5.75 Å². The van der Waals surface area contributed by atoms with Gasteiger partial charge in [-0.15, -0.1) is 0 Å². The number of para-hydroxylation sites is 1. The first-order valence-corrected chi connectivity index (χ1v) is 9.93. The zero-order chi connectivity index (χ0) is 21.1. The van der Waals surface area contributed by atoms with Crippen molar-refractivity contribution in [2.45, 2.75) is 32.9 Å². The molecular formula is C23H25N5O2. The maximum Gasteiger partial charge on any atom is 0.281 e. The zero-order valence-electron chi connectivity index (χ0n) is 17.3. The first kappa shape index (κ1) is 19.8. The summed E-state index contributed by atoms with van der Waals surface area (Å²) in [5.41, 5.74) is 1.59. The highest BCUT2D eigenvalue weighted by Crippen LogP contribution is 2.43. The third-order valence-corrected chi connectivity index (χ3v) is 5.05. The molecule has 0 spiro atoms. The Morgan fingerprint density at radius 1 is 1.00 bits per heavy atom. The van der Waals surface area contributed by atoms with E-state index in [1.165, 1.54) is 6.33 Å². The maximum absolute atomic E-state index is 13.2. The monoisotopic (exact) mass is 403 g/mol. The van der Waals surface area contributed by atoms with Crippen molar-refractivity contribution >= 4 is 11.6 Å². The van der Waals surface area contributed by atoms with Crippen molar-refractivity contribution in [2.24, 2.45) is 10.5 Å². The van der Waals surface area contributed by atoms with Crippen LogP contribution in [0.25, 0.3) is 0 Å². The van der Waals surface area contributed by atoms with Crippen molar-refractivity contribution in [3.8, 4) is 5.75 Å². The fourth-order valence-corrected chi connectivity index (χ4v) is 3.66. The number of carbonyl (C=O) groups is 1. The van der Waals surface area contributed by atoms with Gasteiger partial charge in [-0.25, -0.2) is 14.7 Å². The van der Waals surface area contributed by atoms with E-state index < -0.39 is 0 Å². The predicted octanol–water partition coefficient (Wildman–Crippen LogP) is 3.88. The van der Waals surface area contributed by atoms with Crippen LogP contribution in [0.1, 0.15) is 38.4 Å². The molecule has 2 heterocycles. The summed E-state index contributed by atoms with van der Waals surface area (Å²) in [5, 5.41) is 10.7. The number of amides is 1. The summed E-state index contributed by atoms with van der Waals surface area (Å²) in [6.07, 6.45) is 3.18. The van der Waals surface area contributed by atoms with Crippen molar-refractivity contribution in [1.29, 1.82) is 0 Å². The molecule has 0 bridgehead atoms. The van der Waals surface area contributed by atoms with Crippen LogP contribution in [-0.4, -0.2) is 38.0 Å². The highest BCUT2D eigenvalue weighted by atomic mass is 16.5. The van der Waals surface area contributed by atoms with Gasteiger partial charge in [0, 0.05) is 5.41 Å². The lowest BCUT2D eigenvalue weighted by molar-refractivity contribution is -0.135. The summed E-state index contributed by atoms with van der Waals surface area (Å²) in [6.45, 7) is 6.17. The summed E-state index contributed by atoms with van der Waals surface area (Å²) in [7, 11) is 0. The Hall–Kier alpha value is -3.48. The van der Waals surface area contributed by atoms with E-state index in [0.717, 1.165) is 11.3 Å². The molecule has 0 fully saturated rings. The zero-order valence-corrected chi connectivity index (χ0v) is 17.3. The van der Waals surface area contributed by atoms with E-state index in [1.807, 2.05) is 60.7 Å². The minimum atomic E-state index is -0.339. The quantitative estimate of drug-likeness (QED) is 0.648. The number of aromatic nitrogens is 3. The molecule has 2 aromatic carbocycles. The first-order valence-electron chi connectivity index (χ1n) is 9.93. The fraction of sp³-hybridized carbons (Fsp3) is 0.304. The number of carbonyl (C=O) groups excluding carboxylic acids is 1. The van der Waals surface area contributed by atoms with Gasteiger partial charge in [0.15, 0.2) is 6.61 Å². The third kappa shape index (κ3) is 3.96. The van der Waals surface area contributed by atoms with Crippen LogP contribution >= 0.6 is 0 Å². The van der Waals surface area contributed by atoms with Gasteiger partial charge in [0.1, 0.15) is 30.5 Å². The second kappa shape index (κ2) is 8.10. The molecule has 2 unspecified atom stereocenters. The van der Waals surface area contributed by atoms with E-state index in [-0.39, 0.29) is 30.0 Å². The van der Waals surface area contributed by atoms with Crippen LogP contribution in [0.3, 0.4) is 0 Å². The molecule has 7 nitrogen and oxygen atoms in total. The van der Waals surface area contributed by atoms with E-state index >= 15 is 0 Å². The Morgan fingerprint density at radius 3 is 2.27 bits per heavy atom. The highest BCUT2D eigenvalue weighted by Gasteiger charge is 2.46. The molecule has 0 saturated carbocycles. The molecule has 0 aliphatic carbocycles. The summed E-state index contributed by atoms with van der Waals surface area (Å²) >= 11 is 0. The molecule has 1 aliphatic rings. The van der Waals surface area contributed by atoms with Crippen molar-refractivity contribution in [3.63, 3.8) is 0 Å². The van der Waals surface area contributed by atoms with Crippen LogP contribution in [0.4, 0.5) is 0 Å². The van der Waals surface area contributed by atoms with Crippen molar-refractivity contribution in [2.75, 3.05) is 6.61 Å². The normalized spacial score (nSPS) is 18.9. The van der Waals surface area contributed by atoms with Crippen molar-refractivity contribution in [1.82, 2.24) is 19.8 Å². The maximum atomic E-state index is 13.2. The van der Waals surface area contributed by atoms with Gasteiger partial charge in [0.05, 0.1) is 5.71 Å².